The minimum absolute atomic E-state index is 0.122. The maximum atomic E-state index is 11.6. The van der Waals surface area contributed by atoms with Gasteiger partial charge in [0.25, 0.3) is 0 Å². The van der Waals surface area contributed by atoms with Gasteiger partial charge in [0, 0.05) is 6.07 Å². The van der Waals surface area contributed by atoms with E-state index in [1.807, 2.05) is 0 Å². The van der Waals surface area contributed by atoms with Crippen LogP contribution in [0.5, 0.6) is 5.75 Å². The molecule has 1 heterocycles. The number of alkyl halides is 3. The van der Waals surface area contributed by atoms with Gasteiger partial charge in [-0.25, -0.2) is 0 Å². The number of pyridine rings is 1. The second kappa shape index (κ2) is 2.88. The van der Waals surface area contributed by atoms with Crippen LogP contribution in [0, 0.1) is 0 Å². The van der Waals surface area contributed by atoms with Gasteiger partial charge in [0.2, 0.25) is 0 Å². The molecule has 12 heavy (non-hydrogen) atoms. The zero-order valence-corrected chi connectivity index (χ0v) is 5.80. The van der Waals surface area contributed by atoms with Crippen molar-refractivity contribution in [3.8, 4) is 5.75 Å². The number of hydrogen-bond acceptors (Lipinski definition) is 3. The number of anilines is 1. The SMILES string of the molecule is Nc1cncc(OC(F)(F)F)c1. The average molecular weight is 178 g/mol. The lowest BCUT2D eigenvalue weighted by atomic mass is 10.4. The zero-order valence-electron chi connectivity index (χ0n) is 5.80. The summed E-state index contributed by atoms with van der Waals surface area (Å²) in [6, 6.07) is 1.04. The van der Waals surface area contributed by atoms with Crippen molar-refractivity contribution in [3.63, 3.8) is 0 Å². The summed E-state index contributed by atoms with van der Waals surface area (Å²) in [4.78, 5) is 3.42. The predicted molar refractivity (Wildman–Crippen MR) is 35.3 cm³/mol. The molecule has 1 rings (SSSR count). The molecule has 0 unspecified atom stereocenters. The Labute approximate surface area is 66.0 Å². The fourth-order valence-electron chi connectivity index (χ4n) is 0.625. The molecule has 1 aromatic rings. The summed E-state index contributed by atoms with van der Waals surface area (Å²) in [7, 11) is 0. The first kappa shape index (κ1) is 8.63. The summed E-state index contributed by atoms with van der Waals surface area (Å²) in [6.45, 7) is 0. The summed E-state index contributed by atoms with van der Waals surface area (Å²) >= 11 is 0. The van der Waals surface area contributed by atoms with Gasteiger partial charge < -0.3 is 10.5 Å². The lowest BCUT2D eigenvalue weighted by Gasteiger charge is -2.07. The predicted octanol–water partition coefficient (Wildman–Crippen LogP) is 1.56. The van der Waals surface area contributed by atoms with Crippen LogP contribution in [0.25, 0.3) is 0 Å². The zero-order chi connectivity index (χ0) is 9.19. The lowest BCUT2D eigenvalue weighted by molar-refractivity contribution is -0.274. The fourth-order valence-corrected chi connectivity index (χ4v) is 0.625. The number of ether oxygens (including phenoxy) is 1. The standard InChI is InChI=1S/C6H5F3N2O/c7-6(8,9)12-5-1-4(10)2-11-3-5/h1-3H,10H2. The molecule has 0 bridgehead atoms. The maximum Gasteiger partial charge on any atom is 0.573 e. The van der Waals surface area contributed by atoms with Crippen LogP contribution in [0.3, 0.4) is 0 Å². The molecule has 66 valence electrons. The highest BCUT2D eigenvalue weighted by Crippen LogP contribution is 2.22. The number of halogens is 3. The van der Waals surface area contributed by atoms with Crippen molar-refractivity contribution >= 4 is 5.69 Å². The smallest absolute Gasteiger partial charge is 0.404 e. The van der Waals surface area contributed by atoms with Gasteiger partial charge in [-0.3, -0.25) is 4.98 Å². The van der Waals surface area contributed by atoms with E-state index in [1.165, 1.54) is 6.20 Å². The average Bonchev–Trinajstić information content (AvgIpc) is 1.82. The Kier molecular flexibility index (Phi) is 2.07. The summed E-state index contributed by atoms with van der Waals surface area (Å²) in [5.74, 6) is -0.414. The molecule has 0 saturated carbocycles. The molecule has 0 spiro atoms. The Morgan fingerprint density at radius 3 is 2.50 bits per heavy atom. The van der Waals surface area contributed by atoms with Crippen LogP contribution in [0.4, 0.5) is 18.9 Å². The summed E-state index contributed by atoms with van der Waals surface area (Å²) in [5.41, 5.74) is 5.29. The fraction of sp³-hybridized carbons (Fsp3) is 0.167. The molecule has 2 N–H and O–H groups in total. The molecule has 0 radical (unpaired) electrons. The Balaban J connectivity index is 2.77. The number of nitrogen functional groups attached to an aromatic ring is 1. The van der Waals surface area contributed by atoms with E-state index in [1.54, 1.807) is 0 Å². The summed E-state index contributed by atoms with van der Waals surface area (Å²) in [5, 5.41) is 0. The quantitative estimate of drug-likeness (QED) is 0.709. The third-order valence-electron chi connectivity index (χ3n) is 0.968. The number of nitrogens with two attached hydrogens (primary N) is 1. The Morgan fingerprint density at radius 2 is 2.00 bits per heavy atom. The van der Waals surface area contributed by atoms with Crippen molar-refractivity contribution in [1.82, 2.24) is 4.98 Å². The van der Waals surface area contributed by atoms with Crippen LogP contribution in [0.2, 0.25) is 0 Å². The van der Waals surface area contributed by atoms with Crippen LogP contribution in [0.1, 0.15) is 0 Å². The van der Waals surface area contributed by atoms with E-state index in [0.29, 0.717) is 0 Å². The summed E-state index contributed by atoms with van der Waals surface area (Å²) in [6.07, 6.45) is -2.54. The van der Waals surface area contributed by atoms with Crippen LogP contribution in [-0.4, -0.2) is 11.3 Å². The van der Waals surface area contributed by atoms with Crippen molar-refractivity contribution in [2.24, 2.45) is 0 Å². The monoisotopic (exact) mass is 178 g/mol. The lowest BCUT2D eigenvalue weighted by Crippen LogP contribution is -2.17. The number of aromatic nitrogens is 1. The molecular weight excluding hydrogens is 173 g/mol. The molecule has 0 aromatic carbocycles. The van der Waals surface area contributed by atoms with Gasteiger partial charge in [-0.05, 0) is 0 Å². The highest BCUT2D eigenvalue weighted by atomic mass is 19.4. The first-order valence-corrected chi connectivity index (χ1v) is 2.93. The van der Waals surface area contributed by atoms with E-state index < -0.39 is 12.1 Å². The molecule has 0 fully saturated rings. The van der Waals surface area contributed by atoms with Gasteiger partial charge in [0.15, 0.2) is 0 Å². The highest BCUT2D eigenvalue weighted by Gasteiger charge is 2.31. The third kappa shape index (κ3) is 2.65. The van der Waals surface area contributed by atoms with Crippen molar-refractivity contribution < 1.29 is 17.9 Å². The van der Waals surface area contributed by atoms with Gasteiger partial charge in [0.05, 0.1) is 18.1 Å². The highest BCUT2D eigenvalue weighted by molar-refractivity contribution is 5.39. The minimum atomic E-state index is -4.70. The molecule has 0 atom stereocenters. The first-order chi connectivity index (χ1) is 5.47. The Hall–Kier alpha value is -1.46. The molecule has 0 aliphatic heterocycles. The van der Waals surface area contributed by atoms with Gasteiger partial charge in [-0.2, -0.15) is 0 Å². The van der Waals surface area contributed by atoms with Crippen molar-refractivity contribution in [2.45, 2.75) is 6.36 Å². The molecule has 0 amide bonds. The van der Waals surface area contributed by atoms with E-state index in [9.17, 15) is 13.2 Å². The largest absolute Gasteiger partial charge is 0.573 e. The first-order valence-electron chi connectivity index (χ1n) is 2.93. The van der Waals surface area contributed by atoms with Crippen LogP contribution < -0.4 is 10.5 Å². The van der Waals surface area contributed by atoms with Crippen LogP contribution in [-0.2, 0) is 0 Å². The van der Waals surface area contributed by atoms with E-state index in [4.69, 9.17) is 5.73 Å². The number of rotatable bonds is 1. The van der Waals surface area contributed by atoms with Crippen LogP contribution >= 0.6 is 0 Å². The van der Waals surface area contributed by atoms with Crippen LogP contribution in [0.15, 0.2) is 18.5 Å². The second-order valence-corrected chi connectivity index (χ2v) is 2.00. The van der Waals surface area contributed by atoms with Gasteiger partial charge in [-0.1, -0.05) is 0 Å². The van der Waals surface area contributed by atoms with Crippen molar-refractivity contribution in [1.29, 1.82) is 0 Å². The molecule has 6 heteroatoms. The molecule has 0 aliphatic carbocycles. The van der Waals surface area contributed by atoms with Gasteiger partial charge in [0.1, 0.15) is 5.75 Å². The summed E-state index contributed by atoms with van der Waals surface area (Å²) < 4.78 is 38.3. The van der Waals surface area contributed by atoms with Gasteiger partial charge in [-0.15, -0.1) is 13.2 Å². The molecular formula is C6H5F3N2O. The topological polar surface area (TPSA) is 48.1 Å². The van der Waals surface area contributed by atoms with Crippen molar-refractivity contribution in [3.05, 3.63) is 18.5 Å². The molecule has 0 aliphatic rings. The maximum absolute atomic E-state index is 11.6. The minimum Gasteiger partial charge on any atom is -0.404 e. The van der Waals surface area contributed by atoms with Gasteiger partial charge >= 0.3 is 6.36 Å². The number of nitrogens with zero attached hydrogens (tertiary/aromatic N) is 1. The normalized spacial score (nSPS) is 11.2. The second-order valence-electron chi connectivity index (χ2n) is 2.00. The molecule has 0 saturated heterocycles. The van der Waals surface area contributed by atoms with E-state index in [-0.39, 0.29) is 5.69 Å². The number of hydrogen-bond donors (Lipinski definition) is 1. The third-order valence-corrected chi connectivity index (χ3v) is 0.968. The van der Waals surface area contributed by atoms with E-state index >= 15 is 0 Å². The van der Waals surface area contributed by atoms with Crippen molar-refractivity contribution in [2.75, 3.05) is 5.73 Å². The van der Waals surface area contributed by atoms with E-state index in [2.05, 4.69) is 9.72 Å². The molecule has 1 aromatic heterocycles. The van der Waals surface area contributed by atoms with E-state index in [0.717, 1.165) is 12.3 Å². The Bertz CT molecular complexity index is 274. The molecule has 3 nitrogen and oxygen atoms in total. The Morgan fingerprint density at radius 1 is 1.33 bits per heavy atom.